The fraction of sp³-hybridized carbons (Fsp3) is 0.274. The first-order valence-electron chi connectivity index (χ1n) is 49.5. The molecular formula is C113H113N19O12S2. The van der Waals surface area contributed by atoms with E-state index in [0.717, 1.165) is 240 Å². The first-order valence-corrected chi connectivity index (χ1v) is 51.4. The van der Waals surface area contributed by atoms with Gasteiger partial charge >= 0.3 is 5.97 Å². The number of fused-ring (bicyclic) bond motifs is 19. The van der Waals surface area contributed by atoms with Gasteiger partial charge in [0.05, 0.1) is 38.4 Å². The molecule has 1 amide bonds. The van der Waals surface area contributed by atoms with E-state index in [1.54, 1.807) is 40.1 Å². The summed E-state index contributed by atoms with van der Waals surface area (Å²) in [7, 11) is 3.27. The van der Waals surface area contributed by atoms with Crippen LogP contribution in [0.5, 0.6) is 11.5 Å². The Morgan fingerprint density at radius 2 is 0.870 bits per heavy atom. The summed E-state index contributed by atoms with van der Waals surface area (Å²) < 4.78 is 56.7. The molecule has 1 atom stereocenters. The molecule has 33 heteroatoms. The van der Waals surface area contributed by atoms with Gasteiger partial charge in [-0.15, -0.1) is 0 Å². The number of aromatic amines is 1. The highest BCUT2D eigenvalue weighted by Gasteiger charge is 2.25. The van der Waals surface area contributed by atoms with Gasteiger partial charge in [-0.05, 0) is 199 Å². The highest BCUT2D eigenvalue weighted by Crippen LogP contribution is 2.40. The van der Waals surface area contributed by atoms with Gasteiger partial charge in [0.25, 0.3) is 0 Å². The number of nitrogens with one attached hydrogen (secondary N) is 6. The molecule has 2 fully saturated rings. The zero-order valence-electron chi connectivity index (χ0n) is 82.4. The number of likely N-dealkylation sites (tertiary alicyclic amines) is 1. The number of nitrogens with zero attached hydrogens (tertiary/aromatic N) is 13. The highest BCUT2D eigenvalue weighted by atomic mass is 32.2. The molecule has 2 saturated heterocycles. The topological polar surface area (TPSA) is 384 Å². The predicted molar refractivity (Wildman–Crippen MR) is 578 cm³/mol. The lowest BCUT2D eigenvalue weighted by molar-refractivity contribution is -0.139. The number of rotatable bonds is 30. The summed E-state index contributed by atoms with van der Waals surface area (Å²) in [6.45, 7) is 18.4. The Bertz CT molecular complexity index is 8280. The Kier molecular flexibility index (Phi) is 32.2. The minimum atomic E-state index is -0.256. The first-order chi connectivity index (χ1) is 71.8. The zero-order valence-corrected chi connectivity index (χ0v) is 84.0. The van der Waals surface area contributed by atoms with E-state index in [-0.39, 0.29) is 29.5 Å². The second-order valence-corrected chi connectivity index (χ2v) is 37.0. The van der Waals surface area contributed by atoms with E-state index < -0.39 is 0 Å². The number of benzene rings is 9. The molecule has 6 N–H and O–H groups in total. The van der Waals surface area contributed by atoms with E-state index in [0.29, 0.717) is 63.7 Å². The Morgan fingerprint density at radius 1 is 0.425 bits per heavy atom. The number of hydrogen-bond donors (Lipinski definition) is 6. The molecule has 0 radical (unpaired) electrons. The largest absolute Gasteiger partial charge is 0.493 e. The molecule has 146 heavy (non-hydrogen) atoms. The summed E-state index contributed by atoms with van der Waals surface area (Å²) in [6.07, 6.45) is 16.3. The Balaban J connectivity index is 0.000000111. The van der Waals surface area contributed by atoms with Gasteiger partial charge in [0.2, 0.25) is 5.91 Å². The number of aryl methyl sites for hydroxylation is 4. The van der Waals surface area contributed by atoms with E-state index in [1.807, 2.05) is 178 Å². The molecular weight excluding hydrogens is 1880 g/mol. The molecule has 0 spiro atoms. The third-order valence-electron chi connectivity index (χ3n) is 25.2. The number of amides is 1. The second-order valence-electron chi connectivity index (χ2n) is 35.0. The summed E-state index contributed by atoms with van der Waals surface area (Å²) in [5.41, 5.74) is 20.3. The van der Waals surface area contributed by atoms with Crippen molar-refractivity contribution in [1.82, 2.24) is 75.0 Å². The molecule has 15 heterocycles. The van der Waals surface area contributed by atoms with Gasteiger partial charge < -0.3 is 81.9 Å². The van der Waals surface area contributed by atoms with Crippen molar-refractivity contribution in [1.29, 1.82) is 0 Å². The number of esters is 1. The number of carbonyl (C=O) groups is 2. The summed E-state index contributed by atoms with van der Waals surface area (Å²) in [6, 6.07) is 72.0. The quantitative estimate of drug-likeness (QED) is 0.0105. The van der Waals surface area contributed by atoms with Crippen LogP contribution in [0.15, 0.2) is 274 Å². The van der Waals surface area contributed by atoms with Gasteiger partial charge in [-0.25, -0.2) is 59.8 Å². The summed E-state index contributed by atoms with van der Waals surface area (Å²) in [5, 5.41) is 25.2. The van der Waals surface area contributed by atoms with Crippen LogP contribution in [0.2, 0.25) is 0 Å². The Hall–Kier alpha value is -15.8. The van der Waals surface area contributed by atoms with Gasteiger partial charge in [0.15, 0.2) is 68.3 Å². The Labute approximate surface area is 849 Å². The molecule has 24 rings (SSSR count). The van der Waals surface area contributed by atoms with Gasteiger partial charge in [0.1, 0.15) is 113 Å². The van der Waals surface area contributed by atoms with E-state index >= 15 is 0 Å². The molecule has 1 unspecified atom stereocenters. The number of para-hydroxylation sites is 7. The van der Waals surface area contributed by atoms with Crippen molar-refractivity contribution in [3.05, 3.63) is 277 Å². The fourth-order valence-corrected chi connectivity index (χ4v) is 19.6. The molecule has 0 saturated carbocycles. The predicted octanol–water partition coefficient (Wildman–Crippen LogP) is 23.8. The van der Waals surface area contributed by atoms with Crippen molar-refractivity contribution in [3.8, 4) is 11.5 Å². The van der Waals surface area contributed by atoms with Crippen molar-refractivity contribution >= 4 is 202 Å². The normalized spacial score (nSPS) is 13.1. The number of furan rings is 6. The number of H-pyrrole nitrogens is 1. The minimum Gasteiger partial charge on any atom is -0.493 e. The number of carbonyl (C=O) groups excluding carboxylic acids is 2. The van der Waals surface area contributed by atoms with Crippen molar-refractivity contribution in [3.63, 3.8) is 0 Å². The first kappa shape index (κ1) is 98.9. The maximum atomic E-state index is 12.1. The van der Waals surface area contributed by atoms with Crippen LogP contribution in [0.25, 0.3) is 143 Å². The van der Waals surface area contributed by atoms with Gasteiger partial charge in [-0.1, -0.05) is 171 Å². The van der Waals surface area contributed by atoms with E-state index in [9.17, 15) is 9.59 Å². The molecule has 2 aliphatic rings. The van der Waals surface area contributed by atoms with E-state index in [2.05, 4.69) is 160 Å². The van der Waals surface area contributed by atoms with Crippen LogP contribution in [-0.2, 0) is 51.2 Å². The fourth-order valence-electron chi connectivity index (χ4n) is 18.0. The summed E-state index contributed by atoms with van der Waals surface area (Å²) >= 11 is 2.70. The van der Waals surface area contributed by atoms with Gasteiger partial charge in [-0.2, -0.15) is 0 Å². The van der Waals surface area contributed by atoms with Crippen LogP contribution in [0, 0.1) is 13.8 Å². The number of anilines is 4. The van der Waals surface area contributed by atoms with Crippen molar-refractivity contribution in [2.24, 2.45) is 0 Å². The van der Waals surface area contributed by atoms with Crippen molar-refractivity contribution in [2.45, 2.75) is 121 Å². The van der Waals surface area contributed by atoms with Gasteiger partial charge in [-0.3, -0.25) is 9.59 Å². The van der Waals surface area contributed by atoms with Gasteiger partial charge in [0, 0.05) is 101 Å². The average molecular weight is 1990 g/mol. The molecule has 2 aliphatic heterocycles. The number of methoxy groups -OCH3 is 2. The maximum absolute atomic E-state index is 12.1. The third-order valence-corrected chi connectivity index (χ3v) is 27.1. The standard InChI is InChI=1S/C21H18N4O.C20H26N4O.C20H19N3O3.C18H19N3O3S.C18H15N3O.C16H16N2O3S/c1-13-14(15-6-2-4-8-17(15)25-13)10-11-22-21-20-19(23-12-24-21)16-7-3-5-9-18(16)26-20;1-2-17-22-18-15-9-4-5-10-16(15)25-19(18)20(23-17)21-11-8-14-24-12-6-3-7-13-24;1-24-16-8-7-13(11-17(16)25-2)9-10-21-20-19-18(22-12-23-20)14-5-3-4-6-15(14)26-19;1-11-20-16-13-6-2-3-7-14(13)24-17(16)18(21-11)25-10-15(22)19-9-12-5-4-8-23-12;1-2-6-13(7-3-1)10-11-19-18-17-16(20-12-21-18)14-8-4-5-9-15(14)22-17;1-3-12-17-14-10-7-5-6-8-11(10)21-15(14)16(18-12)22-9-13(19)20-4-2/h2-9,12,25H,10-11H2,1H3,(H,22,23,24);4-5,9-10H,2-3,6-8,11-14H2,1H3,(H,21,22,23);3-8,11-12H,9-10H2,1-2H3,(H,21,22,23);2-3,6-7,12H,4-5,8-10H2,1H3,(H,19,22);1-9,12H,10-11H2,(H,19,20,21);5-8H,3-4,9H2,1-2H3. The van der Waals surface area contributed by atoms with Crippen LogP contribution in [0.4, 0.5) is 23.3 Å². The highest BCUT2D eigenvalue weighted by molar-refractivity contribution is 8.00. The lowest BCUT2D eigenvalue weighted by Crippen LogP contribution is -2.32. The Morgan fingerprint density at radius 3 is 1.38 bits per heavy atom. The minimum absolute atomic E-state index is 0.0268. The number of piperidine rings is 1. The SMILES string of the molecule is CCOC(=O)CSc1nc(CC)nc2c1oc1ccccc12.CCc1nc(NCCCN2CCCCC2)c2oc3ccccc3c2n1.COc1ccc(CCNc2ncnc3c2oc2ccccc23)cc1OC.Cc1[nH]c2ccccc2c1CCNc1ncnc2c1oc1ccccc12.Cc1nc(SCC(=O)NCC2CCCO2)c2oc3ccccc3c2n1.c1ccc(CCNc2ncnc3c2oc2ccccc23)cc1. The van der Waals surface area contributed by atoms with E-state index in [1.165, 1.54) is 83.6 Å². The van der Waals surface area contributed by atoms with Crippen LogP contribution in [0.3, 0.4) is 0 Å². The maximum Gasteiger partial charge on any atom is 0.316 e. The number of hydrogen-bond acceptors (Lipinski definition) is 31. The lowest BCUT2D eigenvalue weighted by atomic mass is 10.1. The van der Waals surface area contributed by atoms with Crippen molar-refractivity contribution in [2.75, 3.05) is 113 Å². The van der Waals surface area contributed by atoms with Crippen molar-refractivity contribution < 1.29 is 55.0 Å². The van der Waals surface area contributed by atoms with E-state index in [4.69, 9.17) is 50.4 Å². The smallest absolute Gasteiger partial charge is 0.316 e. The molecule has 744 valence electrons. The average Bonchev–Trinajstić information content (AvgIpc) is 1.66. The molecule has 0 bridgehead atoms. The summed E-state index contributed by atoms with van der Waals surface area (Å²) in [5.74, 6) is 6.95. The molecule has 13 aromatic heterocycles. The monoisotopic (exact) mass is 1990 g/mol. The number of aromatic nitrogens is 13. The molecule has 22 aromatic rings. The van der Waals surface area contributed by atoms with Crippen LogP contribution in [0.1, 0.15) is 99.2 Å². The summed E-state index contributed by atoms with van der Waals surface area (Å²) in [4.78, 5) is 83.2. The van der Waals surface area contributed by atoms with Crippen LogP contribution >= 0.6 is 23.5 Å². The zero-order chi connectivity index (χ0) is 100. The van der Waals surface area contributed by atoms with Crippen LogP contribution < -0.4 is 36.1 Å². The molecule has 0 aliphatic carbocycles. The third kappa shape index (κ3) is 23.3. The molecule has 31 nitrogen and oxygen atoms in total. The lowest BCUT2D eigenvalue weighted by Gasteiger charge is -2.26. The number of ether oxygens (including phenoxy) is 4. The second kappa shape index (κ2) is 47.6. The number of thioether (sulfide) groups is 2. The van der Waals surface area contributed by atoms with Crippen LogP contribution in [-0.4, -0.2) is 179 Å². The molecule has 9 aromatic carbocycles.